The number of benzene rings is 1. The molecule has 1 aromatic heterocycles. The summed E-state index contributed by atoms with van der Waals surface area (Å²) in [4.78, 5) is 25.7. The molecule has 0 bridgehead atoms. The highest BCUT2D eigenvalue weighted by molar-refractivity contribution is 5.95. The fourth-order valence-electron chi connectivity index (χ4n) is 2.56. The first kappa shape index (κ1) is 16.2. The number of carbonyl (C=O) groups excluding carboxylic acids is 1. The van der Waals surface area contributed by atoms with Crippen molar-refractivity contribution < 1.29 is 22.4 Å². The molecule has 0 spiro atoms. The minimum absolute atomic E-state index is 0.203. The second-order valence-corrected chi connectivity index (χ2v) is 5.62. The van der Waals surface area contributed by atoms with Crippen LogP contribution in [0.15, 0.2) is 41.3 Å². The predicted molar refractivity (Wildman–Crippen MR) is 77.9 cm³/mol. The lowest BCUT2D eigenvalue weighted by Gasteiger charge is -2.09. The van der Waals surface area contributed by atoms with Crippen molar-refractivity contribution in [3.05, 3.63) is 63.8 Å². The molecule has 126 valence electrons. The standard InChI is InChI=1S/C16H12F4N2O2/c17-10-3-1-2-8(4-10)11-6-12(11)14(23)22-13-5-9(16(18,19)20)7-21-15(13)24/h1-5,7,11-12H,6H2,(H,21,24)(H,22,23)/t11-,12+/m0/s1. The molecule has 0 unspecified atom stereocenters. The number of halogens is 4. The van der Waals surface area contributed by atoms with Crippen molar-refractivity contribution in [2.75, 3.05) is 5.32 Å². The molecule has 1 heterocycles. The minimum atomic E-state index is -4.63. The van der Waals surface area contributed by atoms with Crippen LogP contribution in [0.3, 0.4) is 0 Å². The topological polar surface area (TPSA) is 62.0 Å². The molecule has 1 aliphatic rings. The van der Waals surface area contributed by atoms with Gasteiger partial charge in [-0.3, -0.25) is 9.59 Å². The van der Waals surface area contributed by atoms with E-state index in [4.69, 9.17) is 0 Å². The zero-order chi connectivity index (χ0) is 17.5. The Bertz CT molecular complexity index is 844. The average Bonchev–Trinajstić information content (AvgIpc) is 3.29. The zero-order valence-electron chi connectivity index (χ0n) is 12.2. The first-order valence-corrected chi connectivity index (χ1v) is 7.12. The Morgan fingerprint density at radius 1 is 1.25 bits per heavy atom. The van der Waals surface area contributed by atoms with Gasteiger partial charge >= 0.3 is 6.18 Å². The molecular formula is C16H12F4N2O2. The van der Waals surface area contributed by atoms with E-state index < -0.39 is 40.6 Å². The number of anilines is 1. The summed E-state index contributed by atoms with van der Waals surface area (Å²) in [6.45, 7) is 0. The van der Waals surface area contributed by atoms with E-state index >= 15 is 0 Å². The number of carbonyl (C=O) groups is 1. The molecule has 1 aromatic carbocycles. The normalized spacial score (nSPS) is 19.8. The molecule has 2 aromatic rings. The van der Waals surface area contributed by atoms with E-state index in [0.29, 0.717) is 24.2 Å². The lowest BCUT2D eigenvalue weighted by atomic mass is 10.1. The number of hydrogen-bond acceptors (Lipinski definition) is 2. The Hall–Kier alpha value is -2.64. The smallest absolute Gasteiger partial charge is 0.327 e. The lowest BCUT2D eigenvalue weighted by molar-refractivity contribution is -0.137. The molecule has 1 aliphatic carbocycles. The van der Waals surface area contributed by atoms with E-state index in [1.54, 1.807) is 6.07 Å². The molecule has 0 saturated heterocycles. The number of pyridine rings is 1. The van der Waals surface area contributed by atoms with Gasteiger partial charge in [0.15, 0.2) is 0 Å². The van der Waals surface area contributed by atoms with Crippen LogP contribution in [0, 0.1) is 11.7 Å². The lowest BCUT2D eigenvalue weighted by Crippen LogP contribution is -2.22. The molecule has 2 atom stereocenters. The highest BCUT2D eigenvalue weighted by Crippen LogP contribution is 2.48. The van der Waals surface area contributed by atoms with Crippen molar-refractivity contribution in [3.63, 3.8) is 0 Å². The van der Waals surface area contributed by atoms with Gasteiger partial charge in [0.1, 0.15) is 11.5 Å². The Balaban J connectivity index is 1.74. The van der Waals surface area contributed by atoms with Crippen molar-refractivity contribution >= 4 is 11.6 Å². The number of aromatic amines is 1. The third-order valence-electron chi connectivity index (χ3n) is 3.89. The molecule has 3 rings (SSSR count). The predicted octanol–water partition coefficient (Wildman–Crippen LogP) is 3.28. The third kappa shape index (κ3) is 3.32. The van der Waals surface area contributed by atoms with Crippen LogP contribution < -0.4 is 10.9 Å². The summed E-state index contributed by atoms with van der Waals surface area (Å²) in [6, 6.07) is 6.39. The van der Waals surface area contributed by atoms with Gasteiger partial charge in [0.25, 0.3) is 5.56 Å². The fourth-order valence-corrected chi connectivity index (χ4v) is 2.56. The van der Waals surface area contributed by atoms with Crippen LogP contribution in [0.25, 0.3) is 0 Å². The SMILES string of the molecule is O=C(Nc1cc(C(F)(F)F)c[nH]c1=O)[C@@H]1C[C@H]1c1cccc(F)c1. The highest BCUT2D eigenvalue weighted by atomic mass is 19.4. The van der Waals surface area contributed by atoms with Gasteiger partial charge in [-0.15, -0.1) is 0 Å². The Morgan fingerprint density at radius 3 is 2.67 bits per heavy atom. The van der Waals surface area contributed by atoms with E-state index in [-0.39, 0.29) is 5.92 Å². The Labute approximate surface area is 133 Å². The molecule has 1 amide bonds. The van der Waals surface area contributed by atoms with Crippen LogP contribution in [0.5, 0.6) is 0 Å². The van der Waals surface area contributed by atoms with Gasteiger partial charge in [0, 0.05) is 12.1 Å². The molecule has 2 N–H and O–H groups in total. The van der Waals surface area contributed by atoms with Crippen LogP contribution in [0.1, 0.15) is 23.5 Å². The molecule has 24 heavy (non-hydrogen) atoms. The van der Waals surface area contributed by atoms with Gasteiger partial charge in [-0.05, 0) is 36.1 Å². The van der Waals surface area contributed by atoms with Crippen molar-refractivity contribution in [2.45, 2.75) is 18.5 Å². The van der Waals surface area contributed by atoms with Crippen molar-refractivity contribution in [2.24, 2.45) is 5.92 Å². The largest absolute Gasteiger partial charge is 0.417 e. The second kappa shape index (κ2) is 5.77. The maximum Gasteiger partial charge on any atom is 0.417 e. The quantitative estimate of drug-likeness (QED) is 0.843. The Morgan fingerprint density at radius 2 is 2.00 bits per heavy atom. The van der Waals surface area contributed by atoms with Gasteiger partial charge in [-0.1, -0.05) is 12.1 Å². The van der Waals surface area contributed by atoms with E-state index in [0.717, 1.165) is 0 Å². The molecule has 4 nitrogen and oxygen atoms in total. The summed E-state index contributed by atoms with van der Waals surface area (Å²) in [5.74, 6) is -1.69. The third-order valence-corrected chi connectivity index (χ3v) is 3.89. The molecule has 8 heteroatoms. The number of aromatic nitrogens is 1. The fraction of sp³-hybridized carbons (Fsp3) is 0.250. The van der Waals surface area contributed by atoms with Gasteiger partial charge in [-0.2, -0.15) is 13.2 Å². The van der Waals surface area contributed by atoms with Crippen LogP contribution in [-0.4, -0.2) is 10.9 Å². The monoisotopic (exact) mass is 340 g/mol. The van der Waals surface area contributed by atoms with Crippen LogP contribution in [-0.2, 0) is 11.0 Å². The highest BCUT2D eigenvalue weighted by Gasteiger charge is 2.44. The summed E-state index contributed by atoms with van der Waals surface area (Å²) in [6.07, 6.45) is -3.63. The van der Waals surface area contributed by atoms with E-state index in [9.17, 15) is 27.2 Å². The summed E-state index contributed by atoms with van der Waals surface area (Å²) < 4.78 is 51.2. The number of H-pyrrole nitrogens is 1. The minimum Gasteiger partial charge on any atom is -0.327 e. The number of hydrogen-bond donors (Lipinski definition) is 2. The number of alkyl halides is 3. The summed E-state index contributed by atoms with van der Waals surface area (Å²) in [5, 5.41) is 2.22. The number of amides is 1. The summed E-state index contributed by atoms with van der Waals surface area (Å²) in [5.41, 5.74) is -1.69. The second-order valence-electron chi connectivity index (χ2n) is 5.62. The van der Waals surface area contributed by atoms with Gasteiger partial charge < -0.3 is 10.3 Å². The van der Waals surface area contributed by atoms with E-state index in [1.807, 2.05) is 4.98 Å². The molecular weight excluding hydrogens is 328 g/mol. The zero-order valence-corrected chi connectivity index (χ0v) is 12.2. The Kier molecular flexibility index (Phi) is 3.90. The molecule has 0 radical (unpaired) electrons. The molecule has 1 fully saturated rings. The summed E-state index contributed by atoms with van der Waals surface area (Å²) >= 11 is 0. The van der Waals surface area contributed by atoms with Gasteiger partial charge in [0.2, 0.25) is 5.91 Å². The van der Waals surface area contributed by atoms with Crippen molar-refractivity contribution in [1.29, 1.82) is 0 Å². The molecule has 0 aliphatic heterocycles. The van der Waals surface area contributed by atoms with Gasteiger partial charge in [0.05, 0.1) is 5.56 Å². The first-order valence-electron chi connectivity index (χ1n) is 7.12. The maximum absolute atomic E-state index is 13.2. The van der Waals surface area contributed by atoms with Crippen molar-refractivity contribution in [3.8, 4) is 0 Å². The first-order chi connectivity index (χ1) is 11.3. The number of nitrogens with one attached hydrogen (secondary N) is 2. The van der Waals surface area contributed by atoms with E-state index in [2.05, 4.69) is 5.32 Å². The van der Waals surface area contributed by atoms with Crippen LogP contribution in [0.2, 0.25) is 0 Å². The summed E-state index contributed by atoms with van der Waals surface area (Å²) in [7, 11) is 0. The number of rotatable bonds is 3. The van der Waals surface area contributed by atoms with Crippen LogP contribution in [0.4, 0.5) is 23.2 Å². The van der Waals surface area contributed by atoms with E-state index in [1.165, 1.54) is 18.2 Å². The van der Waals surface area contributed by atoms with Crippen LogP contribution >= 0.6 is 0 Å². The maximum atomic E-state index is 13.2. The molecule has 1 saturated carbocycles. The van der Waals surface area contributed by atoms with Gasteiger partial charge in [-0.25, -0.2) is 4.39 Å². The average molecular weight is 340 g/mol. The van der Waals surface area contributed by atoms with Crippen molar-refractivity contribution in [1.82, 2.24) is 4.98 Å².